The molecule has 0 atom stereocenters. The number of aliphatic carboxylic acids is 1. The molecular weight excluding hydrogens is 236 g/mol. The van der Waals surface area contributed by atoms with Gasteiger partial charge < -0.3 is 5.11 Å². The highest BCUT2D eigenvalue weighted by atomic mass is 32.2. The lowest BCUT2D eigenvalue weighted by atomic mass is 10.4. The molecule has 1 heterocycles. The second kappa shape index (κ2) is 4.94. The highest BCUT2D eigenvalue weighted by molar-refractivity contribution is 7.90. The van der Waals surface area contributed by atoms with Crippen LogP contribution in [0.5, 0.6) is 0 Å². The van der Waals surface area contributed by atoms with Crippen LogP contribution >= 0.6 is 0 Å². The lowest BCUT2D eigenvalue weighted by Crippen LogP contribution is -2.34. The number of hydrogen-bond acceptors (Lipinski definition) is 4. The summed E-state index contributed by atoms with van der Waals surface area (Å²) in [5.74, 6) is -0.828. The molecule has 0 saturated carbocycles. The summed E-state index contributed by atoms with van der Waals surface area (Å²) in [5.41, 5.74) is 0. The summed E-state index contributed by atoms with van der Waals surface area (Å²) in [4.78, 5) is 10.3. The predicted octanol–water partition coefficient (Wildman–Crippen LogP) is -0.527. The molecule has 0 bridgehead atoms. The number of nitrogens with one attached hydrogen (secondary N) is 2. The zero-order valence-corrected chi connectivity index (χ0v) is 9.36. The van der Waals surface area contributed by atoms with Crippen molar-refractivity contribution in [2.24, 2.45) is 0 Å². The summed E-state index contributed by atoms with van der Waals surface area (Å²) in [6, 6.07) is 1.45. The van der Waals surface area contributed by atoms with Crippen LogP contribution in [0.15, 0.2) is 12.3 Å². The minimum atomic E-state index is -3.73. The Morgan fingerprint density at radius 2 is 2.38 bits per heavy atom. The van der Waals surface area contributed by atoms with E-state index in [1.807, 2.05) is 0 Å². The number of nitrogens with zero attached hydrogens (tertiary/aromatic N) is 2. The van der Waals surface area contributed by atoms with Gasteiger partial charge in [-0.05, 0) is 0 Å². The maximum atomic E-state index is 11.6. The van der Waals surface area contributed by atoms with E-state index in [4.69, 9.17) is 5.11 Å². The highest BCUT2D eigenvalue weighted by Crippen LogP contribution is 2.06. The van der Waals surface area contributed by atoms with Crippen molar-refractivity contribution in [2.75, 3.05) is 18.3 Å². The number of aromatic nitrogens is 2. The first kappa shape index (κ1) is 12.5. The third-order valence-corrected chi connectivity index (χ3v) is 3.27. The molecule has 0 amide bonds. The number of carbonyl (C=O) groups is 1. The van der Waals surface area contributed by atoms with Gasteiger partial charge in [-0.3, -0.25) is 14.6 Å². The average Bonchev–Trinajstić information content (AvgIpc) is 2.65. The zero-order chi connectivity index (χ0) is 12.2. The number of carboxylic acid groups (broad SMARTS) is 1. The van der Waals surface area contributed by atoms with Gasteiger partial charge >= 0.3 is 16.2 Å². The Morgan fingerprint density at radius 1 is 1.69 bits per heavy atom. The van der Waals surface area contributed by atoms with Gasteiger partial charge in [-0.15, -0.1) is 0 Å². The van der Waals surface area contributed by atoms with Gasteiger partial charge in [0.1, 0.15) is 5.82 Å². The molecule has 90 valence electrons. The number of carboxylic acids is 1. The molecule has 1 aromatic rings. The number of rotatable bonds is 6. The lowest BCUT2D eigenvalue weighted by molar-refractivity contribution is -0.137. The third kappa shape index (κ3) is 3.51. The molecule has 0 fully saturated rings. The normalized spacial score (nSPS) is 11.6. The SMILES string of the molecule is CN(CCC(=O)O)S(=O)(=O)Nc1ccn[nH]1. The second-order valence-electron chi connectivity index (χ2n) is 3.04. The Kier molecular flexibility index (Phi) is 3.85. The monoisotopic (exact) mass is 248 g/mol. The number of aromatic amines is 1. The third-order valence-electron chi connectivity index (χ3n) is 1.79. The summed E-state index contributed by atoms with van der Waals surface area (Å²) < 4.78 is 26.3. The fourth-order valence-electron chi connectivity index (χ4n) is 0.903. The largest absolute Gasteiger partial charge is 0.481 e. The molecule has 0 saturated heterocycles. The van der Waals surface area contributed by atoms with Crippen LogP contribution in [0, 0.1) is 0 Å². The standard InChI is InChI=1S/C7H12N4O4S/c1-11(5-3-7(12)13)16(14,15)10-6-2-4-8-9-6/h2,4H,3,5H2,1H3,(H,12,13)(H2,8,9,10). The van der Waals surface area contributed by atoms with Crippen molar-refractivity contribution in [2.45, 2.75) is 6.42 Å². The van der Waals surface area contributed by atoms with E-state index >= 15 is 0 Å². The molecule has 0 aliphatic rings. The van der Waals surface area contributed by atoms with E-state index in [0.717, 1.165) is 4.31 Å². The molecule has 0 radical (unpaired) electrons. The van der Waals surface area contributed by atoms with Crippen LogP contribution in [-0.4, -0.2) is 47.6 Å². The highest BCUT2D eigenvalue weighted by Gasteiger charge is 2.18. The van der Waals surface area contributed by atoms with Crippen LogP contribution in [0.1, 0.15) is 6.42 Å². The summed E-state index contributed by atoms with van der Waals surface area (Å²) in [5, 5.41) is 14.4. The van der Waals surface area contributed by atoms with Crippen molar-refractivity contribution in [3.63, 3.8) is 0 Å². The van der Waals surface area contributed by atoms with Crippen LogP contribution in [0.2, 0.25) is 0 Å². The number of anilines is 1. The Morgan fingerprint density at radius 3 is 2.88 bits per heavy atom. The van der Waals surface area contributed by atoms with E-state index < -0.39 is 16.2 Å². The first-order chi connectivity index (χ1) is 7.42. The van der Waals surface area contributed by atoms with Crippen molar-refractivity contribution in [3.8, 4) is 0 Å². The molecule has 1 rings (SSSR count). The van der Waals surface area contributed by atoms with E-state index in [9.17, 15) is 13.2 Å². The molecule has 0 aliphatic carbocycles. The maximum absolute atomic E-state index is 11.6. The number of hydrogen-bond donors (Lipinski definition) is 3. The summed E-state index contributed by atoms with van der Waals surface area (Å²) in [7, 11) is -2.44. The smallest absolute Gasteiger partial charge is 0.304 e. The summed E-state index contributed by atoms with van der Waals surface area (Å²) in [6.07, 6.45) is 1.15. The van der Waals surface area contributed by atoms with E-state index in [0.29, 0.717) is 0 Å². The van der Waals surface area contributed by atoms with Gasteiger partial charge in [0.25, 0.3) is 0 Å². The van der Waals surface area contributed by atoms with E-state index in [1.54, 1.807) is 0 Å². The van der Waals surface area contributed by atoms with Gasteiger partial charge in [0.2, 0.25) is 0 Å². The molecule has 8 nitrogen and oxygen atoms in total. The molecular formula is C7H12N4O4S. The quantitative estimate of drug-likeness (QED) is 0.626. The Hall–Kier alpha value is -1.61. The molecule has 0 spiro atoms. The van der Waals surface area contributed by atoms with Crippen LogP contribution in [-0.2, 0) is 15.0 Å². The van der Waals surface area contributed by atoms with E-state index in [2.05, 4.69) is 14.9 Å². The number of H-pyrrole nitrogens is 1. The minimum absolute atomic E-state index is 0.0984. The molecule has 3 N–H and O–H groups in total. The van der Waals surface area contributed by atoms with Crippen LogP contribution in [0.3, 0.4) is 0 Å². The van der Waals surface area contributed by atoms with Crippen molar-refractivity contribution in [3.05, 3.63) is 12.3 Å². The zero-order valence-electron chi connectivity index (χ0n) is 8.54. The van der Waals surface area contributed by atoms with Crippen molar-refractivity contribution < 1.29 is 18.3 Å². The van der Waals surface area contributed by atoms with Gasteiger partial charge in [-0.25, -0.2) is 0 Å². The van der Waals surface area contributed by atoms with Crippen LogP contribution in [0.4, 0.5) is 5.82 Å². The van der Waals surface area contributed by atoms with Gasteiger partial charge in [0, 0.05) is 19.7 Å². The van der Waals surface area contributed by atoms with Crippen molar-refractivity contribution in [1.29, 1.82) is 0 Å². The Balaban J connectivity index is 2.59. The maximum Gasteiger partial charge on any atom is 0.304 e. The Labute approximate surface area is 92.5 Å². The molecule has 0 aromatic carbocycles. The van der Waals surface area contributed by atoms with Crippen LogP contribution < -0.4 is 4.72 Å². The topological polar surface area (TPSA) is 115 Å². The van der Waals surface area contributed by atoms with Gasteiger partial charge in [0.05, 0.1) is 12.6 Å². The molecule has 9 heteroatoms. The average molecular weight is 248 g/mol. The first-order valence-electron chi connectivity index (χ1n) is 4.37. The molecule has 16 heavy (non-hydrogen) atoms. The molecule has 0 unspecified atom stereocenters. The van der Waals surface area contributed by atoms with Gasteiger partial charge in [-0.1, -0.05) is 0 Å². The predicted molar refractivity (Wildman–Crippen MR) is 56.0 cm³/mol. The molecule has 1 aromatic heterocycles. The van der Waals surface area contributed by atoms with Gasteiger partial charge in [-0.2, -0.15) is 17.8 Å². The summed E-state index contributed by atoms with van der Waals surface area (Å²) in [6.45, 7) is -0.0984. The minimum Gasteiger partial charge on any atom is -0.481 e. The van der Waals surface area contributed by atoms with Crippen LogP contribution in [0.25, 0.3) is 0 Å². The Bertz CT molecular complexity index is 441. The molecule has 0 aliphatic heterocycles. The summed E-state index contributed by atoms with van der Waals surface area (Å²) >= 11 is 0. The fourth-order valence-corrected chi connectivity index (χ4v) is 1.78. The second-order valence-corrected chi connectivity index (χ2v) is 4.82. The first-order valence-corrected chi connectivity index (χ1v) is 5.81. The van der Waals surface area contributed by atoms with Gasteiger partial charge in [0.15, 0.2) is 0 Å². The van der Waals surface area contributed by atoms with E-state index in [1.165, 1.54) is 19.3 Å². The lowest BCUT2D eigenvalue weighted by Gasteiger charge is -2.16. The van der Waals surface area contributed by atoms with Crippen molar-refractivity contribution >= 4 is 22.0 Å². The fraction of sp³-hybridized carbons (Fsp3) is 0.429. The van der Waals surface area contributed by atoms with E-state index in [-0.39, 0.29) is 18.8 Å². The van der Waals surface area contributed by atoms with Crippen molar-refractivity contribution in [1.82, 2.24) is 14.5 Å².